The Morgan fingerprint density at radius 1 is 0.893 bits per heavy atom. The van der Waals surface area contributed by atoms with E-state index in [4.69, 9.17) is 0 Å². The highest BCUT2D eigenvalue weighted by Crippen LogP contribution is 2.30. The quantitative estimate of drug-likeness (QED) is 0.481. The lowest BCUT2D eigenvalue weighted by Gasteiger charge is -2.20. The van der Waals surface area contributed by atoms with Gasteiger partial charge in [0.2, 0.25) is 0 Å². The lowest BCUT2D eigenvalue weighted by Crippen LogP contribution is -2.04. The van der Waals surface area contributed by atoms with E-state index in [0.717, 1.165) is 12.8 Å². The summed E-state index contributed by atoms with van der Waals surface area (Å²) in [5.41, 5.74) is 8.97. The summed E-state index contributed by atoms with van der Waals surface area (Å²) in [6, 6.07) is 9.00. The standard InChI is InChI=1S/C28H32/c1-22-10-12-24(13-11-22)19-27-8-5-9-28(21-27)20-26-16-14-25(15-17-26)18-23-6-3-2-4-7-23/h2-3,6,9-14,16-17,21,25H,4-5,7-8,15,18-20H2,1H3. The summed E-state index contributed by atoms with van der Waals surface area (Å²) in [5, 5.41) is 0. The smallest absolute Gasteiger partial charge is 0.00322 e. The third kappa shape index (κ3) is 5.35. The van der Waals surface area contributed by atoms with Gasteiger partial charge in [-0.15, -0.1) is 0 Å². The maximum atomic E-state index is 2.48. The highest BCUT2D eigenvalue weighted by atomic mass is 14.2. The first-order valence-electron chi connectivity index (χ1n) is 10.9. The summed E-state index contributed by atoms with van der Waals surface area (Å²) in [6.07, 6.45) is 28.5. The van der Waals surface area contributed by atoms with E-state index in [0.29, 0.717) is 5.92 Å². The summed E-state index contributed by atoms with van der Waals surface area (Å²) in [5.74, 6) is 0.689. The second-order valence-electron chi connectivity index (χ2n) is 8.59. The number of allylic oxidation sites excluding steroid dienone is 12. The minimum Gasteiger partial charge on any atom is -0.0842 e. The lowest BCUT2D eigenvalue weighted by molar-refractivity contribution is 0.625. The van der Waals surface area contributed by atoms with Gasteiger partial charge < -0.3 is 0 Å². The van der Waals surface area contributed by atoms with E-state index in [-0.39, 0.29) is 0 Å². The molecule has 1 atom stereocenters. The van der Waals surface area contributed by atoms with Crippen molar-refractivity contribution in [1.29, 1.82) is 0 Å². The summed E-state index contributed by atoms with van der Waals surface area (Å²) >= 11 is 0. The lowest BCUT2D eigenvalue weighted by atomic mass is 9.85. The normalized spacial score (nSPS) is 21.7. The van der Waals surface area contributed by atoms with Crippen molar-refractivity contribution in [2.45, 2.75) is 58.3 Å². The highest BCUT2D eigenvalue weighted by molar-refractivity contribution is 5.38. The third-order valence-electron chi connectivity index (χ3n) is 6.11. The summed E-state index contributed by atoms with van der Waals surface area (Å²) in [7, 11) is 0. The fourth-order valence-corrected chi connectivity index (χ4v) is 4.45. The van der Waals surface area contributed by atoms with Gasteiger partial charge in [-0.05, 0) is 80.9 Å². The van der Waals surface area contributed by atoms with Gasteiger partial charge in [-0.2, -0.15) is 0 Å². The largest absolute Gasteiger partial charge is 0.0842 e. The molecule has 0 saturated carbocycles. The van der Waals surface area contributed by atoms with Crippen LogP contribution in [0.15, 0.2) is 95.2 Å². The Bertz CT molecular complexity index is 865. The fraction of sp³-hybridized carbons (Fsp3) is 0.357. The molecule has 4 rings (SSSR count). The molecule has 3 aliphatic rings. The average molecular weight is 369 g/mol. The van der Waals surface area contributed by atoms with E-state index in [1.807, 2.05) is 0 Å². The Labute approximate surface area is 170 Å². The maximum absolute atomic E-state index is 2.48. The molecule has 3 aliphatic carbocycles. The number of rotatable bonds is 6. The van der Waals surface area contributed by atoms with E-state index >= 15 is 0 Å². The Hall–Kier alpha value is -2.34. The van der Waals surface area contributed by atoms with Gasteiger partial charge in [0.1, 0.15) is 0 Å². The second kappa shape index (κ2) is 9.24. The predicted molar refractivity (Wildman–Crippen MR) is 121 cm³/mol. The van der Waals surface area contributed by atoms with Crippen molar-refractivity contribution in [3.8, 4) is 0 Å². The van der Waals surface area contributed by atoms with Crippen molar-refractivity contribution >= 4 is 0 Å². The van der Waals surface area contributed by atoms with Crippen molar-refractivity contribution in [2.24, 2.45) is 5.92 Å². The van der Waals surface area contributed by atoms with Crippen LogP contribution in [0.4, 0.5) is 0 Å². The molecule has 1 aromatic rings. The minimum atomic E-state index is 0.689. The van der Waals surface area contributed by atoms with Gasteiger partial charge in [0.25, 0.3) is 0 Å². The molecule has 28 heavy (non-hydrogen) atoms. The Morgan fingerprint density at radius 2 is 1.75 bits per heavy atom. The molecule has 0 spiro atoms. The number of hydrogen-bond acceptors (Lipinski definition) is 0. The van der Waals surface area contributed by atoms with Crippen LogP contribution in [0.25, 0.3) is 0 Å². The summed E-state index contributed by atoms with van der Waals surface area (Å²) < 4.78 is 0. The monoisotopic (exact) mass is 368 g/mol. The van der Waals surface area contributed by atoms with Crippen LogP contribution in [-0.2, 0) is 6.42 Å². The van der Waals surface area contributed by atoms with Crippen molar-refractivity contribution in [3.63, 3.8) is 0 Å². The number of benzene rings is 1. The zero-order valence-corrected chi connectivity index (χ0v) is 17.2. The molecule has 0 saturated heterocycles. The molecule has 0 heterocycles. The van der Waals surface area contributed by atoms with Crippen LogP contribution in [0.2, 0.25) is 0 Å². The first kappa shape index (κ1) is 19.0. The molecular weight excluding hydrogens is 336 g/mol. The topological polar surface area (TPSA) is 0 Å². The van der Waals surface area contributed by atoms with Crippen LogP contribution in [0.5, 0.6) is 0 Å². The van der Waals surface area contributed by atoms with Gasteiger partial charge in [0.05, 0.1) is 0 Å². The van der Waals surface area contributed by atoms with E-state index in [2.05, 4.69) is 79.8 Å². The predicted octanol–water partition coefficient (Wildman–Crippen LogP) is 7.74. The van der Waals surface area contributed by atoms with Crippen molar-refractivity contribution in [3.05, 3.63) is 106 Å². The molecule has 0 N–H and O–H groups in total. The molecule has 1 unspecified atom stereocenters. The van der Waals surface area contributed by atoms with Gasteiger partial charge in [-0.1, -0.05) is 89.6 Å². The molecule has 0 amide bonds. The summed E-state index contributed by atoms with van der Waals surface area (Å²) in [4.78, 5) is 0. The molecule has 0 fully saturated rings. The van der Waals surface area contributed by atoms with E-state index in [9.17, 15) is 0 Å². The number of hydrogen-bond donors (Lipinski definition) is 0. The van der Waals surface area contributed by atoms with E-state index in [1.165, 1.54) is 60.8 Å². The zero-order valence-electron chi connectivity index (χ0n) is 17.2. The molecule has 144 valence electrons. The van der Waals surface area contributed by atoms with Crippen molar-refractivity contribution in [2.75, 3.05) is 0 Å². The SMILES string of the molecule is Cc1ccc(CC2=CC(CC3=CCC(CC4=CC=CCC4)C=C3)=CCC2)cc1. The van der Waals surface area contributed by atoms with E-state index < -0.39 is 0 Å². The van der Waals surface area contributed by atoms with Crippen LogP contribution in [0.3, 0.4) is 0 Å². The van der Waals surface area contributed by atoms with E-state index in [1.54, 1.807) is 11.1 Å². The van der Waals surface area contributed by atoms with Gasteiger partial charge in [0.15, 0.2) is 0 Å². The molecule has 1 aromatic carbocycles. The van der Waals surface area contributed by atoms with Crippen LogP contribution in [-0.4, -0.2) is 0 Å². The second-order valence-corrected chi connectivity index (χ2v) is 8.59. The highest BCUT2D eigenvalue weighted by Gasteiger charge is 2.13. The van der Waals surface area contributed by atoms with Crippen LogP contribution < -0.4 is 0 Å². The van der Waals surface area contributed by atoms with Crippen LogP contribution >= 0.6 is 0 Å². The molecule has 0 bridgehead atoms. The Kier molecular flexibility index (Phi) is 6.27. The van der Waals surface area contributed by atoms with Crippen molar-refractivity contribution < 1.29 is 0 Å². The number of aryl methyl sites for hydroxylation is 1. The van der Waals surface area contributed by atoms with Crippen LogP contribution in [0.1, 0.15) is 56.1 Å². The minimum absolute atomic E-state index is 0.689. The van der Waals surface area contributed by atoms with Gasteiger partial charge in [0, 0.05) is 0 Å². The first-order valence-corrected chi connectivity index (χ1v) is 10.9. The third-order valence-corrected chi connectivity index (χ3v) is 6.11. The van der Waals surface area contributed by atoms with Gasteiger partial charge in [-0.3, -0.25) is 0 Å². The van der Waals surface area contributed by atoms with Crippen LogP contribution in [0, 0.1) is 12.8 Å². The first-order chi connectivity index (χ1) is 13.7. The van der Waals surface area contributed by atoms with Gasteiger partial charge in [-0.25, -0.2) is 0 Å². The molecule has 0 aromatic heterocycles. The molecule has 0 heteroatoms. The molecule has 0 nitrogen and oxygen atoms in total. The zero-order chi connectivity index (χ0) is 19.2. The molecular formula is C28H32. The molecule has 0 radical (unpaired) electrons. The van der Waals surface area contributed by atoms with Crippen molar-refractivity contribution in [1.82, 2.24) is 0 Å². The average Bonchev–Trinajstić information content (AvgIpc) is 2.72. The molecule has 0 aliphatic heterocycles. The Morgan fingerprint density at radius 3 is 2.50 bits per heavy atom. The fourth-order valence-electron chi connectivity index (χ4n) is 4.45. The Balaban J connectivity index is 1.31. The maximum Gasteiger partial charge on any atom is -0.00322 e. The van der Waals surface area contributed by atoms with Gasteiger partial charge >= 0.3 is 0 Å². The summed E-state index contributed by atoms with van der Waals surface area (Å²) in [6.45, 7) is 2.16.